The molecule has 0 N–H and O–H groups in total. The molecule has 0 aliphatic carbocycles. The molecule has 2 aromatic rings. The molecule has 0 amide bonds. The van der Waals surface area contributed by atoms with Crippen LogP contribution in [0.5, 0.6) is 5.75 Å². The summed E-state index contributed by atoms with van der Waals surface area (Å²) < 4.78 is 5.46. The van der Waals surface area contributed by atoms with Gasteiger partial charge in [-0.3, -0.25) is 0 Å². The van der Waals surface area contributed by atoms with Crippen LogP contribution in [0.2, 0.25) is 0 Å². The highest BCUT2D eigenvalue weighted by Gasteiger charge is 1.94. The van der Waals surface area contributed by atoms with Gasteiger partial charge in [-0.2, -0.15) is 0 Å². The predicted molar refractivity (Wildman–Crippen MR) is 65.8 cm³/mol. The molecule has 0 aliphatic rings. The topological polar surface area (TPSA) is 9.23 Å². The molecule has 0 atom stereocenters. The number of benzene rings is 2. The van der Waals surface area contributed by atoms with E-state index in [-0.39, 0.29) is 0 Å². The average Bonchev–Trinajstić information content (AvgIpc) is 2.31. The summed E-state index contributed by atoms with van der Waals surface area (Å²) in [6, 6.07) is 19.3. The van der Waals surface area contributed by atoms with Crippen LogP contribution < -0.4 is 4.74 Å². The third-order valence-electron chi connectivity index (χ3n) is 2.09. The first-order valence-electron chi connectivity index (χ1n) is 5.10. The Morgan fingerprint density at radius 3 is 2.06 bits per heavy atom. The number of rotatable bonds is 3. The largest absolute Gasteiger partial charge is 0.461 e. The summed E-state index contributed by atoms with van der Waals surface area (Å²) in [7, 11) is 0. The summed E-state index contributed by atoms with van der Waals surface area (Å²) >= 11 is 0. The molecule has 1 heteroatoms. The van der Waals surface area contributed by atoms with Crippen molar-refractivity contribution in [2.75, 3.05) is 0 Å². The van der Waals surface area contributed by atoms with Crippen LogP contribution in [-0.2, 0) is 0 Å². The smallest absolute Gasteiger partial charge is 0.126 e. The second-order valence-electron chi connectivity index (χ2n) is 3.37. The van der Waals surface area contributed by atoms with Gasteiger partial charge in [-0.25, -0.2) is 0 Å². The number of hydrogen-bond donors (Lipinski definition) is 0. The lowest BCUT2D eigenvalue weighted by Gasteiger charge is -2.04. The molecule has 0 aliphatic heterocycles. The van der Waals surface area contributed by atoms with Crippen molar-refractivity contribution in [2.24, 2.45) is 0 Å². The maximum absolute atomic E-state index is 5.78. The quantitative estimate of drug-likeness (QED) is 0.697. The minimum atomic E-state index is 0.386. The Morgan fingerprint density at radius 1 is 0.875 bits per heavy atom. The van der Waals surface area contributed by atoms with E-state index in [1.54, 1.807) is 6.08 Å². The van der Waals surface area contributed by atoms with Gasteiger partial charge < -0.3 is 4.74 Å². The van der Waals surface area contributed by atoms with E-state index >= 15 is 0 Å². The predicted octanol–water partition coefficient (Wildman–Crippen LogP) is 3.82. The van der Waals surface area contributed by atoms with Crippen LogP contribution >= 0.6 is 0 Å². The minimum Gasteiger partial charge on any atom is -0.461 e. The van der Waals surface area contributed by atoms with E-state index < -0.39 is 0 Å². The average molecular weight is 208 g/mol. The van der Waals surface area contributed by atoms with Crippen LogP contribution in [0.4, 0.5) is 0 Å². The zero-order chi connectivity index (χ0) is 11.2. The third-order valence-corrected chi connectivity index (χ3v) is 2.09. The van der Waals surface area contributed by atoms with Crippen LogP contribution in [-0.4, -0.2) is 0 Å². The molecule has 1 nitrogen and oxygen atoms in total. The van der Waals surface area contributed by atoms with Crippen molar-refractivity contribution in [1.29, 1.82) is 0 Å². The van der Waals surface area contributed by atoms with Crippen LogP contribution in [0.25, 0.3) is 6.08 Å². The van der Waals surface area contributed by atoms with Gasteiger partial charge in [-0.05, 0) is 23.8 Å². The van der Waals surface area contributed by atoms with Crippen LogP contribution in [0.1, 0.15) is 5.56 Å². The van der Waals surface area contributed by atoms with E-state index in [4.69, 9.17) is 11.7 Å². The Hall–Kier alpha value is -2.02. The lowest BCUT2D eigenvalue weighted by atomic mass is 10.2. The second kappa shape index (κ2) is 5.17. The lowest BCUT2D eigenvalue weighted by Crippen LogP contribution is -1.90. The molecule has 2 radical (unpaired) electrons. The van der Waals surface area contributed by atoms with Gasteiger partial charge in [0.2, 0.25) is 0 Å². The molecule has 0 saturated heterocycles. The molecule has 0 saturated carbocycles. The van der Waals surface area contributed by atoms with E-state index in [2.05, 4.69) is 0 Å². The Bertz CT molecular complexity index is 457. The minimum absolute atomic E-state index is 0.386. The molecule has 0 aromatic heterocycles. The van der Waals surface area contributed by atoms with E-state index in [0.717, 1.165) is 11.3 Å². The van der Waals surface area contributed by atoms with E-state index in [9.17, 15) is 0 Å². The molecule has 0 bridgehead atoms. The Kier molecular flexibility index (Phi) is 3.39. The molecular formula is C15H12O. The molecular weight excluding hydrogens is 196 g/mol. The normalized spacial score (nSPS) is 11.2. The van der Waals surface area contributed by atoms with Gasteiger partial charge >= 0.3 is 0 Å². The summed E-state index contributed by atoms with van der Waals surface area (Å²) in [5, 5.41) is 0. The first kappa shape index (κ1) is 10.5. The first-order chi connectivity index (χ1) is 7.84. The van der Waals surface area contributed by atoms with Gasteiger partial charge in [0.1, 0.15) is 11.5 Å². The van der Waals surface area contributed by atoms with Crippen molar-refractivity contribution < 1.29 is 4.74 Å². The van der Waals surface area contributed by atoms with Gasteiger partial charge in [-0.1, -0.05) is 48.5 Å². The number of para-hydroxylation sites is 1. The van der Waals surface area contributed by atoms with Crippen molar-refractivity contribution in [3.8, 4) is 5.75 Å². The summed E-state index contributed by atoms with van der Waals surface area (Å²) in [5.74, 6) is 1.13. The van der Waals surface area contributed by atoms with E-state index in [1.165, 1.54) is 0 Å². The van der Waals surface area contributed by atoms with E-state index in [1.807, 2.05) is 60.7 Å². The highest BCUT2D eigenvalue weighted by atomic mass is 16.5. The van der Waals surface area contributed by atoms with Crippen LogP contribution in [0.3, 0.4) is 0 Å². The summed E-state index contributed by atoms with van der Waals surface area (Å²) in [6.07, 6.45) is 1.80. The molecule has 0 unspecified atom stereocenters. The van der Waals surface area contributed by atoms with Gasteiger partial charge in [0.25, 0.3) is 0 Å². The number of hydrogen-bond acceptors (Lipinski definition) is 1. The lowest BCUT2D eigenvalue weighted by molar-refractivity contribution is 0.448. The van der Waals surface area contributed by atoms with Gasteiger partial charge in [0, 0.05) is 6.92 Å². The SMILES string of the molecule is [CH]C(=Cc1ccccc1)Oc1ccccc1. The van der Waals surface area contributed by atoms with Crippen molar-refractivity contribution in [3.63, 3.8) is 0 Å². The summed E-state index contributed by atoms with van der Waals surface area (Å²) in [4.78, 5) is 0. The second-order valence-corrected chi connectivity index (χ2v) is 3.37. The Morgan fingerprint density at radius 2 is 1.44 bits per heavy atom. The molecule has 16 heavy (non-hydrogen) atoms. The van der Waals surface area contributed by atoms with Crippen molar-refractivity contribution in [3.05, 3.63) is 78.9 Å². The van der Waals surface area contributed by atoms with Crippen LogP contribution in [0.15, 0.2) is 66.4 Å². The standard InChI is InChI=1S/C15H12O/c1-13(12-14-8-4-2-5-9-14)16-15-10-6-3-7-11-15/h1-12H. The number of allylic oxidation sites excluding steroid dienone is 1. The molecule has 2 aromatic carbocycles. The summed E-state index contributed by atoms with van der Waals surface area (Å²) in [6.45, 7) is 5.78. The molecule has 0 heterocycles. The first-order valence-corrected chi connectivity index (χ1v) is 5.10. The monoisotopic (exact) mass is 208 g/mol. The fourth-order valence-corrected chi connectivity index (χ4v) is 1.37. The fourth-order valence-electron chi connectivity index (χ4n) is 1.37. The van der Waals surface area contributed by atoms with Gasteiger partial charge in [0.15, 0.2) is 0 Å². The van der Waals surface area contributed by atoms with Crippen LogP contribution in [0, 0.1) is 6.92 Å². The van der Waals surface area contributed by atoms with Gasteiger partial charge in [-0.15, -0.1) is 0 Å². The highest BCUT2D eigenvalue weighted by Crippen LogP contribution is 2.14. The van der Waals surface area contributed by atoms with Crippen molar-refractivity contribution in [1.82, 2.24) is 0 Å². The molecule has 0 spiro atoms. The van der Waals surface area contributed by atoms with Gasteiger partial charge in [0.05, 0.1) is 0 Å². The highest BCUT2D eigenvalue weighted by molar-refractivity contribution is 5.52. The van der Waals surface area contributed by atoms with Crippen molar-refractivity contribution in [2.45, 2.75) is 0 Å². The Labute approximate surface area is 96.0 Å². The fraction of sp³-hybridized carbons (Fsp3) is 0. The zero-order valence-electron chi connectivity index (χ0n) is 8.84. The summed E-state index contributed by atoms with van der Waals surface area (Å²) in [5.41, 5.74) is 1.02. The molecule has 2 rings (SSSR count). The Balaban J connectivity index is 2.09. The third kappa shape index (κ3) is 2.99. The van der Waals surface area contributed by atoms with Crippen molar-refractivity contribution >= 4 is 6.08 Å². The maximum Gasteiger partial charge on any atom is 0.126 e. The van der Waals surface area contributed by atoms with E-state index in [0.29, 0.717) is 5.76 Å². The number of ether oxygens (including phenoxy) is 1. The maximum atomic E-state index is 5.78. The molecule has 0 fully saturated rings. The molecule has 78 valence electrons. The zero-order valence-corrected chi connectivity index (χ0v) is 8.84.